The molecular formula is C34H40N6. The summed E-state index contributed by atoms with van der Waals surface area (Å²) in [6.07, 6.45) is 1.83. The smallest absolute Gasteiger partial charge is 0.138 e. The largest absolute Gasteiger partial charge is 0.366 e. The van der Waals surface area contributed by atoms with Crippen molar-refractivity contribution in [2.45, 2.75) is 65.8 Å². The Labute approximate surface area is 237 Å². The summed E-state index contributed by atoms with van der Waals surface area (Å²) >= 11 is 0. The van der Waals surface area contributed by atoms with Crippen LogP contribution in [0.1, 0.15) is 58.5 Å². The SMILES string of the molecule is CCc1nc2ccc(N3CCN(c4cccc5[nH]c(-c6ccc(C(C)(C)C)cc6)nc45)C[C@@H]3C)cc2nc1CC. The lowest BCUT2D eigenvalue weighted by Crippen LogP contribution is -2.52. The van der Waals surface area contributed by atoms with E-state index in [4.69, 9.17) is 15.0 Å². The highest BCUT2D eigenvalue weighted by Gasteiger charge is 2.26. The number of para-hydroxylation sites is 1. The molecular weight excluding hydrogens is 492 g/mol. The number of piperazine rings is 1. The summed E-state index contributed by atoms with van der Waals surface area (Å²) in [4.78, 5) is 23.5. The first-order valence-electron chi connectivity index (χ1n) is 14.7. The number of aryl methyl sites for hydroxylation is 2. The van der Waals surface area contributed by atoms with Crippen molar-refractivity contribution in [3.8, 4) is 11.4 Å². The van der Waals surface area contributed by atoms with Crippen LogP contribution in [-0.4, -0.2) is 45.6 Å². The molecule has 1 aliphatic rings. The number of nitrogens with one attached hydrogen (secondary N) is 1. The van der Waals surface area contributed by atoms with Crippen molar-refractivity contribution in [2.75, 3.05) is 29.4 Å². The average molecular weight is 533 g/mol. The Morgan fingerprint density at radius 2 is 1.57 bits per heavy atom. The third-order valence-electron chi connectivity index (χ3n) is 8.29. The topological polar surface area (TPSA) is 60.9 Å². The summed E-state index contributed by atoms with van der Waals surface area (Å²) in [6.45, 7) is 16.2. The van der Waals surface area contributed by atoms with Crippen LogP contribution in [0.15, 0.2) is 60.7 Å². The molecule has 40 heavy (non-hydrogen) atoms. The molecule has 1 aliphatic heterocycles. The van der Waals surface area contributed by atoms with Gasteiger partial charge in [-0.3, -0.25) is 0 Å². The van der Waals surface area contributed by atoms with Gasteiger partial charge in [0.05, 0.1) is 33.6 Å². The molecule has 1 N–H and O–H groups in total. The molecule has 6 nitrogen and oxygen atoms in total. The first-order chi connectivity index (χ1) is 19.2. The van der Waals surface area contributed by atoms with Gasteiger partial charge >= 0.3 is 0 Å². The van der Waals surface area contributed by atoms with Gasteiger partial charge in [0.15, 0.2) is 0 Å². The van der Waals surface area contributed by atoms with Crippen LogP contribution in [0, 0.1) is 0 Å². The van der Waals surface area contributed by atoms with Crippen molar-refractivity contribution in [3.63, 3.8) is 0 Å². The number of imidazole rings is 1. The monoisotopic (exact) mass is 532 g/mol. The zero-order valence-electron chi connectivity index (χ0n) is 24.6. The van der Waals surface area contributed by atoms with Gasteiger partial charge in [0, 0.05) is 36.9 Å². The minimum atomic E-state index is 0.135. The van der Waals surface area contributed by atoms with Crippen molar-refractivity contribution in [1.29, 1.82) is 0 Å². The summed E-state index contributed by atoms with van der Waals surface area (Å²) in [7, 11) is 0. The number of anilines is 2. The van der Waals surface area contributed by atoms with Crippen LogP contribution in [0.5, 0.6) is 0 Å². The van der Waals surface area contributed by atoms with Gasteiger partial charge in [0.25, 0.3) is 0 Å². The molecule has 0 aliphatic carbocycles. The van der Waals surface area contributed by atoms with E-state index >= 15 is 0 Å². The number of fused-ring (bicyclic) bond motifs is 2. The van der Waals surface area contributed by atoms with Crippen LogP contribution in [0.3, 0.4) is 0 Å². The maximum Gasteiger partial charge on any atom is 0.138 e. The predicted molar refractivity (Wildman–Crippen MR) is 168 cm³/mol. The second kappa shape index (κ2) is 10.2. The molecule has 206 valence electrons. The summed E-state index contributed by atoms with van der Waals surface area (Å²) in [5.41, 5.74) is 11.3. The summed E-state index contributed by atoms with van der Waals surface area (Å²) in [5.74, 6) is 0.921. The van der Waals surface area contributed by atoms with Gasteiger partial charge < -0.3 is 14.8 Å². The van der Waals surface area contributed by atoms with Gasteiger partial charge in [0.2, 0.25) is 0 Å². The van der Waals surface area contributed by atoms with E-state index in [0.717, 1.165) is 77.3 Å². The number of benzene rings is 3. The van der Waals surface area contributed by atoms with E-state index in [2.05, 4.69) is 117 Å². The van der Waals surface area contributed by atoms with Crippen LogP contribution in [0.25, 0.3) is 33.5 Å². The number of aromatic nitrogens is 4. The molecule has 0 spiro atoms. The first-order valence-corrected chi connectivity index (χ1v) is 14.7. The maximum absolute atomic E-state index is 5.09. The van der Waals surface area contributed by atoms with E-state index in [-0.39, 0.29) is 5.41 Å². The Balaban J connectivity index is 1.24. The van der Waals surface area contributed by atoms with Crippen LogP contribution < -0.4 is 9.80 Å². The number of rotatable bonds is 5. The van der Waals surface area contributed by atoms with E-state index in [1.165, 1.54) is 16.9 Å². The van der Waals surface area contributed by atoms with Gasteiger partial charge in [-0.1, -0.05) is 65.0 Å². The van der Waals surface area contributed by atoms with E-state index in [1.54, 1.807) is 0 Å². The second-order valence-corrected chi connectivity index (χ2v) is 12.1. The standard InChI is InChI=1S/C34H40N6/c1-7-26-27(8-2)36-30-20-25(16-17-28(30)35-26)40-19-18-39(21-22(40)3)31-11-9-10-29-32(31)38-33(37-29)23-12-14-24(15-13-23)34(4,5)6/h9-17,20,22H,7-8,18-19,21H2,1-6H3,(H,37,38)/t22-/m0/s1. The zero-order chi connectivity index (χ0) is 28.0. The lowest BCUT2D eigenvalue weighted by Gasteiger charge is -2.42. The summed E-state index contributed by atoms with van der Waals surface area (Å²) < 4.78 is 0. The van der Waals surface area contributed by atoms with Gasteiger partial charge in [-0.05, 0) is 61.1 Å². The Morgan fingerprint density at radius 3 is 2.25 bits per heavy atom. The molecule has 3 heterocycles. The molecule has 1 saturated heterocycles. The lowest BCUT2D eigenvalue weighted by atomic mass is 9.87. The molecule has 0 saturated carbocycles. The van der Waals surface area contributed by atoms with E-state index in [1.807, 2.05) is 0 Å². The minimum absolute atomic E-state index is 0.135. The van der Waals surface area contributed by atoms with E-state index in [0.29, 0.717) is 6.04 Å². The van der Waals surface area contributed by atoms with Crippen molar-refractivity contribution >= 4 is 33.4 Å². The third kappa shape index (κ3) is 4.80. The zero-order valence-corrected chi connectivity index (χ0v) is 24.6. The number of aromatic amines is 1. The molecule has 1 fully saturated rings. The molecule has 6 rings (SSSR count). The summed E-state index contributed by atoms with van der Waals surface area (Å²) in [6, 6.07) is 22.2. The highest BCUT2D eigenvalue weighted by Crippen LogP contribution is 2.32. The fraction of sp³-hybridized carbons (Fsp3) is 0.382. The van der Waals surface area contributed by atoms with Crippen molar-refractivity contribution < 1.29 is 0 Å². The van der Waals surface area contributed by atoms with Crippen molar-refractivity contribution in [2.24, 2.45) is 0 Å². The molecule has 3 aromatic carbocycles. The predicted octanol–water partition coefficient (Wildman–Crippen LogP) is 7.31. The van der Waals surface area contributed by atoms with Gasteiger partial charge in [-0.2, -0.15) is 0 Å². The van der Waals surface area contributed by atoms with Gasteiger partial charge in [-0.25, -0.2) is 15.0 Å². The van der Waals surface area contributed by atoms with E-state index in [9.17, 15) is 0 Å². The molecule has 6 heteroatoms. The number of H-pyrrole nitrogens is 1. The van der Waals surface area contributed by atoms with Gasteiger partial charge in [0.1, 0.15) is 11.3 Å². The Hall–Kier alpha value is -3.93. The highest BCUT2D eigenvalue weighted by atomic mass is 15.3. The van der Waals surface area contributed by atoms with Gasteiger partial charge in [-0.15, -0.1) is 0 Å². The van der Waals surface area contributed by atoms with Crippen molar-refractivity contribution in [3.05, 3.63) is 77.6 Å². The molecule has 0 unspecified atom stereocenters. The quantitative estimate of drug-likeness (QED) is 0.257. The summed E-state index contributed by atoms with van der Waals surface area (Å²) in [5, 5.41) is 0. The van der Waals surface area contributed by atoms with Crippen molar-refractivity contribution in [1.82, 2.24) is 19.9 Å². The molecule has 5 aromatic rings. The Bertz CT molecular complexity index is 1660. The Morgan fingerprint density at radius 1 is 0.850 bits per heavy atom. The lowest BCUT2D eigenvalue weighted by molar-refractivity contribution is 0.552. The normalized spacial score (nSPS) is 16.3. The van der Waals surface area contributed by atoms with Crippen LogP contribution in [0.2, 0.25) is 0 Å². The minimum Gasteiger partial charge on any atom is -0.366 e. The fourth-order valence-corrected chi connectivity index (χ4v) is 5.96. The average Bonchev–Trinajstić information content (AvgIpc) is 3.40. The van der Waals surface area contributed by atoms with Crippen LogP contribution >= 0.6 is 0 Å². The molecule has 1 atom stereocenters. The third-order valence-corrected chi connectivity index (χ3v) is 8.29. The van der Waals surface area contributed by atoms with Crippen LogP contribution in [-0.2, 0) is 18.3 Å². The highest BCUT2D eigenvalue weighted by molar-refractivity contribution is 5.91. The maximum atomic E-state index is 5.09. The molecule has 0 radical (unpaired) electrons. The number of nitrogens with zero attached hydrogens (tertiary/aromatic N) is 5. The first kappa shape index (κ1) is 26.3. The Kier molecular flexibility index (Phi) is 6.73. The fourth-order valence-electron chi connectivity index (χ4n) is 5.96. The molecule has 0 bridgehead atoms. The number of hydrogen-bond donors (Lipinski definition) is 1. The molecule has 0 amide bonds. The second-order valence-electron chi connectivity index (χ2n) is 12.1. The molecule has 2 aromatic heterocycles. The number of hydrogen-bond acceptors (Lipinski definition) is 5. The van der Waals surface area contributed by atoms with Crippen LogP contribution in [0.4, 0.5) is 11.4 Å². The van der Waals surface area contributed by atoms with E-state index < -0.39 is 0 Å².